The molecule has 1 aliphatic carbocycles. The first kappa shape index (κ1) is 16.3. The van der Waals surface area contributed by atoms with Crippen LogP contribution in [0.4, 0.5) is 4.79 Å². The third-order valence-electron chi connectivity index (χ3n) is 4.38. The highest BCUT2D eigenvalue weighted by Crippen LogP contribution is 2.40. The standard InChI is InChI=1S/C17H25N3O2/c1-18-16(22)19-12-15(21)20-13-17(9-5-6-10-17)11-14-7-3-2-4-8-14/h2-4,7-8H,5-6,9-13H2,1H3,(H,20,21)(H2,18,19,22). The molecule has 0 aliphatic heterocycles. The predicted octanol–water partition coefficient (Wildman–Crippen LogP) is 1.83. The van der Waals surface area contributed by atoms with E-state index in [0.717, 1.165) is 19.3 Å². The lowest BCUT2D eigenvalue weighted by atomic mass is 9.80. The summed E-state index contributed by atoms with van der Waals surface area (Å²) in [6.45, 7) is 0.692. The first-order valence-corrected chi connectivity index (χ1v) is 7.90. The van der Waals surface area contributed by atoms with Crippen molar-refractivity contribution in [2.75, 3.05) is 20.1 Å². The highest BCUT2D eigenvalue weighted by atomic mass is 16.2. The van der Waals surface area contributed by atoms with Crippen molar-refractivity contribution in [2.24, 2.45) is 5.41 Å². The van der Waals surface area contributed by atoms with E-state index >= 15 is 0 Å². The largest absolute Gasteiger partial charge is 0.354 e. The van der Waals surface area contributed by atoms with E-state index in [9.17, 15) is 9.59 Å². The molecule has 1 aromatic rings. The first-order valence-electron chi connectivity index (χ1n) is 7.90. The molecular formula is C17H25N3O2. The van der Waals surface area contributed by atoms with Crippen LogP contribution in [0.5, 0.6) is 0 Å². The highest BCUT2D eigenvalue weighted by Gasteiger charge is 2.34. The third-order valence-corrected chi connectivity index (χ3v) is 4.38. The summed E-state index contributed by atoms with van der Waals surface area (Å²) in [4.78, 5) is 22.9. The van der Waals surface area contributed by atoms with E-state index in [1.165, 1.54) is 25.5 Å². The maximum absolute atomic E-state index is 11.9. The van der Waals surface area contributed by atoms with Gasteiger partial charge in [-0.25, -0.2) is 4.79 Å². The van der Waals surface area contributed by atoms with Crippen molar-refractivity contribution in [1.29, 1.82) is 0 Å². The van der Waals surface area contributed by atoms with E-state index in [-0.39, 0.29) is 23.9 Å². The molecule has 5 nitrogen and oxygen atoms in total. The molecule has 5 heteroatoms. The Bertz CT molecular complexity index is 496. The fraction of sp³-hybridized carbons (Fsp3) is 0.529. The van der Waals surface area contributed by atoms with Gasteiger partial charge in [0.1, 0.15) is 0 Å². The second kappa shape index (κ2) is 7.82. The van der Waals surface area contributed by atoms with Crippen LogP contribution in [0, 0.1) is 5.41 Å². The molecule has 0 atom stereocenters. The number of hydrogen-bond donors (Lipinski definition) is 3. The molecule has 0 spiro atoms. The average molecular weight is 303 g/mol. The number of rotatable bonds is 6. The van der Waals surface area contributed by atoms with Crippen molar-refractivity contribution in [2.45, 2.75) is 32.1 Å². The Kier molecular flexibility index (Phi) is 5.81. The van der Waals surface area contributed by atoms with Crippen molar-refractivity contribution < 1.29 is 9.59 Å². The Morgan fingerprint density at radius 3 is 2.41 bits per heavy atom. The second-order valence-electron chi connectivity index (χ2n) is 6.08. The predicted molar refractivity (Wildman–Crippen MR) is 86.5 cm³/mol. The zero-order valence-electron chi connectivity index (χ0n) is 13.2. The molecule has 1 aliphatic rings. The minimum Gasteiger partial charge on any atom is -0.354 e. The molecule has 0 bridgehead atoms. The number of nitrogens with one attached hydrogen (secondary N) is 3. The monoisotopic (exact) mass is 303 g/mol. The summed E-state index contributed by atoms with van der Waals surface area (Å²) < 4.78 is 0. The normalized spacial score (nSPS) is 16.0. The van der Waals surface area contributed by atoms with E-state index in [2.05, 4.69) is 40.2 Å². The summed E-state index contributed by atoms with van der Waals surface area (Å²) in [5, 5.41) is 7.92. The first-order chi connectivity index (χ1) is 10.6. The van der Waals surface area contributed by atoms with Gasteiger partial charge in [0.25, 0.3) is 0 Å². The van der Waals surface area contributed by atoms with Gasteiger partial charge in [0.15, 0.2) is 0 Å². The summed E-state index contributed by atoms with van der Waals surface area (Å²) >= 11 is 0. The summed E-state index contributed by atoms with van der Waals surface area (Å²) in [5.41, 5.74) is 1.48. The van der Waals surface area contributed by atoms with Gasteiger partial charge in [-0.05, 0) is 30.2 Å². The highest BCUT2D eigenvalue weighted by molar-refractivity contribution is 5.83. The van der Waals surface area contributed by atoms with E-state index in [0.29, 0.717) is 6.54 Å². The summed E-state index contributed by atoms with van der Waals surface area (Å²) in [7, 11) is 1.53. The summed E-state index contributed by atoms with van der Waals surface area (Å²) in [6, 6.07) is 10.1. The van der Waals surface area contributed by atoms with Crippen LogP contribution in [-0.4, -0.2) is 32.1 Å². The lowest BCUT2D eigenvalue weighted by Gasteiger charge is -2.29. The minimum atomic E-state index is -0.338. The van der Waals surface area contributed by atoms with Gasteiger partial charge in [-0.2, -0.15) is 0 Å². The van der Waals surface area contributed by atoms with Crippen molar-refractivity contribution in [3.05, 3.63) is 35.9 Å². The molecule has 0 saturated heterocycles. The Morgan fingerprint density at radius 2 is 1.77 bits per heavy atom. The molecular weight excluding hydrogens is 278 g/mol. The van der Waals surface area contributed by atoms with Crippen LogP contribution in [0.1, 0.15) is 31.2 Å². The molecule has 3 amide bonds. The quantitative estimate of drug-likeness (QED) is 0.750. The molecule has 120 valence electrons. The van der Waals surface area contributed by atoms with Crippen molar-refractivity contribution in [3.8, 4) is 0 Å². The van der Waals surface area contributed by atoms with Crippen LogP contribution in [0.2, 0.25) is 0 Å². The fourth-order valence-electron chi connectivity index (χ4n) is 3.17. The van der Waals surface area contributed by atoms with E-state index in [4.69, 9.17) is 0 Å². The van der Waals surface area contributed by atoms with Crippen molar-refractivity contribution in [3.63, 3.8) is 0 Å². The van der Waals surface area contributed by atoms with Gasteiger partial charge in [-0.1, -0.05) is 43.2 Å². The van der Waals surface area contributed by atoms with Gasteiger partial charge >= 0.3 is 6.03 Å². The number of carbonyl (C=O) groups excluding carboxylic acids is 2. The molecule has 22 heavy (non-hydrogen) atoms. The number of benzene rings is 1. The molecule has 0 unspecified atom stereocenters. The number of carbonyl (C=O) groups is 2. The minimum absolute atomic E-state index is 0.0150. The summed E-state index contributed by atoms with van der Waals surface area (Å²) in [5.74, 6) is -0.136. The van der Waals surface area contributed by atoms with Crippen molar-refractivity contribution >= 4 is 11.9 Å². The van der Waals surface area contributed by atoms with Crippen LogP contribution in [0.25, 0.3) is 0 Å². The molecule has 0 heterocycles. The Labute approximate surface area is 131 Å². The van der Waals surface area contributed by atoms with Gasteiger partial charge in [0, 0.05) is 13.6 Å². The lowest BCUT2D eigenvalue weighted by molar-refractivity contribution is -0.120. The van der Waals surface area contributed by atoms with Gasteiger partial charge < -0.3 is 16.0 Å². The van der Waals surface area contributed by atoms with Crippen LogP contribution < -0.4 is 16.0 Å². The summed E-state index contributed by atoms with van der Waals surface area (Å²) in [6.07, 6.45) is 5.73. The van der Waals surface area contributed by atoms with Gasteiger partial charge in [-0.15, -0.1) is 0 Å². The fourth-order valence-corrected chi connectivity index (χ4v) is 3.17. The van der Waals surface area contributed by atoms with Gasteiger partial charge in [0.2, 0.25) is 5.91 Å². The number of hydrogen-bond acceptors (Lipinski definition) is 2. The van der Waals surface area contributed by atoms with E-state index in [1.807, 2.05) is 6.07 Å². The Hall–Kier alpha value is -2.04. The van der Waals surface area contributed by atoms with Crippen molar-refractivity contribution in [1.82, 2.24) is 16.0 Å². The number of urea groups is 1. The third kappa shape index (κ3) is 4.76. The molecule has 1 aromatic carbocycles. The zero-order valence-corrected chi connectivity index (χ0v) is 13.2. The Morgan fingerprint density at radius 1 is 1.09 bits per heavy atom. The second-order valence-corrected chi connectivity index (χ2v) is 6.08. The lowest BCUT2D eigenvalue weighted by Crippen LogP contribution is -2.44. The van der Waals surface area contributed by atoms with Gasteiger partial charge in [-0.3, -0.25) is 4.79 Å². The smallest absolute Gasteiger partial charge is 0.314 e. The maximum Gasteiger partial charge on any atom is 0.314 e. The van der Waals surface area contributed by atoms with E-state index < -0.39 is 0 Å². The molecule has 0 radical (unpaired) electrons. The Balaban J connectivity index is 1.86. The average Bonchev–Trinajstić information content (AvgIpc) is 3.00. The number of amides is 3. The molecule has 0 aromatic heterocycles. The molecule has 3 N–H and O–H groups in total. The van der Waals surface area contributed by atoms with Crippen LogP contribution in [0.3, 0.4) is 0 Å². The maximum atomic E-state index is 11.9. The zero-order chi connectivity index (χ0) is 15.8. The van der Waals surface area contributed by atoms with Gasteiger partial charge in [0.05, 0.1) is 6.54 Å². The molecule has 1 fully saturated rings. The topological polar surface area (TPSA) is 70.2 Å². The molecule has 1 saturated carbocycles. The SMILES string of the molecule is CNC(=O)NCC(=O)NCC1(Cc2ccccc2)CCCC1. The van der Waals surface area contributed by atoms with E-state index in [1.54, 1.807) is 0 Å². The van der Waals surface area contributed by atoms with Crippen LogP contribution in [-0.2, 0) is 11.2 Å². The van der Waals surface area contributed by atoms with Crippen LogP contribution >= 0.6 is 0 Å². The molecule has 2 rings (SSSR count). The van der Waals surface area contributed by atoms with Crippen LogP contribution in [0.15, 0.2) is 30.3 Å².